The van der Waals surface area contributed by atoms with E-state index in [2.05, 4.69) is 24.1 Å². The molecular weight excluding hydrogens is 164 g/mol. The zero-order chi connectivity index (χ0) is 9.68. The molecule has 1 rings (SSSR count). The smallest absolute Gasteiger partial charge is 0.207 e. The van der Waals surface area contributed by atoms with Crippen molar-refractivity contribution >= 4 is 6.41 Å². The van der Waals surface area contributed by atoms with E-state index in [1.165, 1.54) is 19.3 Å². The molecule has 0 aromatic carbocycles. The lowest BCUT2D eigenvalue weighted by Gasteiger charge is -2.38. The van der Waals surface area contributed by atoms with Crippen molar-refractivity contribution in [2.45, 2.75) is 45.2 Å². The van der Waals surface area contributed by atoms with Crippen LogP contribution >= 0.6 is 0 Å². The molecule has 0 spiro atoms. The van der Waals surface area contributed by atoms with Crippen molar-refractivity contribution in [1.82, 2.24) is 10.2 Å². The van der Waals surface area contributed by atoms with Gasteiger partial charge in [0, 0.05) is 25.2 Å². The van der Waals surface area contributed by atoms with Crippen LogP contribution in [0.2, 0.25) is 0 Å². The summed E-state index contributed by atoms with van der Waals surface area (Å²) in [6.45, 7) is 6.31. The molecular formula is C10H20N2O. The maximum Gasteiger partial charge on any atom is 0.207 e. The Morgan fingerprint density at radius 2 is 2.00 bits per heavy atom. The molecule has 76 valence electrons. The van der Waals surface area contributed by atoms with Crippen molar-refractivity contribution in [3.05, 3.63) is 0 Å². The number of hydrogen-bond donors (Lipinski definition) is 1. The SMILES string of the molecule is C[C@@H]1CCC[C@@H](C)N1CCNC=O. The zero-order valence-electron chi connectivity index (χ0n) is 8.62. The summed E-state index contributed by atoms with van der Waals surface area (Å²) in [6.07, 6.45) is 4.72. The Morgan fingerprint density at radius 1 is 1.38 bits per heavy atom. The Hall–Kier alpha value is -0.570. The molecule has 1 fully saturated rings. The number of amides is 1. The zero-order valence-corrected chi connectivity index (χ0v) is 8.62. The lowest BCUT2D eigenvalue weighted by atomic mass is 9.98. The van der Waals surface area contributed by atoms with Gasteiger partial charge in [-0.2, -0.15) is 0 Å². The van der Waals surface area contributed by atoms with E-state index in [9.17, 15) is 4.79 Å². The van der Waals surface area contributed by atoms with Gasteiger partial charge in [0.2, 0.25) is 6.41 Å². The Balaban J connectivity index is 2.30. The van der Waals surface area contributed by atoms with E-state index in [0.29, 0.717) is 12.1 Å². The summed E-state index contributed by atoms with van der Waals surface area (Å²) in [5.74, 6) is 0. The van der Waals surface area contributed by atoms with Crippen LogP contribution in [-0.4, -0.2) is 36.5 Å². The summed E-state index contributed by atoms with van der Waals surface area (Å²) in [5, 5.41) is 2.71. The second-order valence-corrected chi connectivity index (χ2v) is 3.94. The van der Waals surface area contributed by atoms with Crippen molar-refractivity contribution in [2.75, 3.05) is 13.1 Å². The Bertz CT molecular complexity index is 151. The number of likely N-dealkylation sites (tertiary alicyclic amines) is 1. The lowest BCUT2D eigenvalue weighted by molar-refractivity contribution is -0.109. The molecule has 2 atom stereocenters. The minimum absolute atomic E-state index is 0.678. The van der Waals surface area contributed by atoms with Crippen LogP contribution in [0.1, 0.15) is 33.1 Å². The third-order valence-corrected chi connectivity index (χ3v) is 2.97. The van der Waals surface area contributed by atoms with Crippen molar-refractivity contribution in [1.29, 1.82) is 0 Å². The number of rotatable bonds is 4. The Labute approximate surface area is 80.5 Å². The highest BCUT2D eigenvalue weighted by Gasteiger charge is 2.23. The Morgan fingerprint density at radius 3 is 2.54 bits per heavy atom. The lowest BCUT2D eigenvalue weighted by Crippen LogP contribution is -2.46. The first-order valence-electron chi connectivity index (χ1n) is 5.18. The molecule has 0 aromatic rings. The fourth-order valence-electron chi connectivity index (χ4n) is 2.17. The number of nitrogens with zero attached hydrogens (tertiary/aromatic N) is 1. The minimum atomic E-state index is 0.678. The van der Waals surface area contributed by atoms with Crippen LogP contribution in [0.15, 0.2) is 0 Å². The molecule has 0 aromatic heterocycles. The molecule has 1 saturated heterocycles. The largest absolute Gasteiger partial charge is 0.357 e. The first kappa shape index (κ1) is 10.5. The molecule has 1 heterocycles. The van der Waals surface area contributed by atoms with Gasteiger partial charge in [0.25, 0.3) is 0 Å². The van der Waals surface area contributed by atoms with E-state index in [1.807, 2.05) is 0 Å². The molecule has 3 nitrogen and oxygen atoms in total. The first-order valence-corrected chi connectivity index (χ1v) is 5.18. The predicted octanol–water partition coefficient (Wildman–Crippen LogP) is 0.995. The van der Waals surface area contributed by atoms with Gasteiger partial charge >= 0.3 is 0 Å². The molecule has 0 unspecified atom stereocenters. The second-order valence-electron chi connectivity index (χ2n) is 3.94. The topological polar surface area (TPSA) is 32.3 Å². The van der Waals surface area contributed by atoms with Gasteiger partial charge in [-0.3, -0.25) is 9.69 Å². The highest BCUT2D eigenvalue weighted by Crippen LogP contribution is 2.21. The summed E-state index contributed by atoms with van der Waals surface area (Å²) in [5.41, 5.74) is 0. The van der Waals surface area contributed by atoms with Crippen molar-refractivity contribution in [2.24, 2.45) is 0 Å². The molecule has 0 bridgehead atoms. The van der Waals surface area contributed by atoms with Gasteiger partial charge in [-0.05, 0) is 26.7 Å². The van der Waals surface area contributed by atoms with E-state index in [4.69, 9.17) is 0 Å². The molecule has 0 aliphatic carbocycles. The van der Waals surface area contributed by atoms with Crippen LogP contribution in [0.3, 0.4) is 0 Å². The van der Waals surface area contributed by atoms with Crippen LogP contribution in [0.25, 0.3) is 0 Å². The van der Waals surface area contributed by atoms with Crippen LogP contribution in [0.4, 0.5) is 0 Å². The van der Waals surface area contributed by atoms with E-state index in [1.54, 1.807) is 0 Å². The molecule has 1 N–H and O–H groups in total. The average Bonchev–Trinajstić information content (AvgIpc) is 2.10. The summed E-state index contributed by atoms with van der Waals surface area (Å²) < 4.78 is 0. The van der Waals surface area contributed by atoms with Crippen LogP contribution in [0, 0.1) is 0 Å². The van der Waals surface area contributed by atoms with Crippen LogP contribution in [0.5, 0.6) is 0 Å². The molecule has 0 saturated carbocycles. The van der Waals surface area contributed by atoms with Crippen LogP contribution < -0.4 is 5.32 Å². The average molecular weight is 184 g/mol. The van der Waals surface area contributed by atoms with E-state index in [0.717, 1.165) is 19.5 Å². The number of piperidine rings is 1. The highest BCUT2D eigenvalue weighted by molar-refractivity contribution is 5.45. The van der Waals surface area contributed by atoms with Gasteiger partial charge in [0.15, 0.2) is 0 Å². The Kier molecular flexibility index (Phi) is 4.22. The van der Waals surface area contributed by atoms with Crippen molar-refractivity contribution < 1.29 is 4.79 Å². The van der Waals surface area contributed by atoms with Gasteiger partial charge in [-0.15, -0.1) is 0 Å². The third kappa shape index (κ3) is 2.99. The highest BCUT2D eigenvalue weighted by atomic mass is 16.1. The number of hydrogen-bond acceptors (Lipinski definition) is 2. The van der Waals surface area contributed by atoms with E-state index >= 15 is 0 Å². The van der Waals surface area contributed by atoms with Gasteiger partial charge in [0.05, 0.1) is 0 Å². The number of nitrogens with one attached hydrogen (secondary N) is 1. The molecule has 3 heteroatoms. The van der Waals surface area contributed by atoms with Gasteiger partial charge in [0.1, 0.15) is 0 Å². The maximum atomic E-state index is 10.1. The first-order chi connectivity index (χ1) is 6.25. The summed E-state index contributed by atoms with van der Waals surface area (Å²) in [4.78, 5) is 12.6. The standard InChI is InChI=1S/C10H20N2O/c1-9-4-3-5-10(2)12(9)7-6-11-8-13/h8-10H,3-7H2,1-2H3,(H,11,13)/t9-,10-/m1/s1. The van der Waals surface area contributed by atoms with Gasteiger partial charge in [-0.25, -0.2) is 0 Å². The maximum absolute atomic E-state index is 10.1. The quantitative estimate of drug-likeness (QED) is 0.522. The summed E-state index contributed by atoms with van der Waals surface area (Å²) in [6, 6.07) is 1.36. The second kappa shape index (κ2) is 5.22. The van der Waals surface area contributed by atoms with Crippen LogP contribution in [-0.2, 0) is 4.79 Å². The molecule has 1 aliphatic heterocycles. The number of carbonyl (C=O) groups excluding carboxylic acids is 1. The normalized spacial score (nSPS) is 30.0. The fraction of sp³-hybridized carbons (Fsp3) is 0.900. The van der Waals surface area contributed by atoms with E-state index in [-0.39, 0.29) is 0 Å². The van der Waals surface area contributed by atoms with Crippen molar-refractivity contribution in [3.63, 3.8) is 0 Å². The molecule has 13 heavy (non-hydrogen) atoms. The third-order valence-electron chi connectivity index (χ3n) is 2.97. The molecule has 1 aliphatic rings. The monoisotopic (exact) mass is 184 g/mol. The fourth-order valence-corrected chi connectivity index (χ4v) is 2.17. The van der Waals surface area contributed by atoms with Gasteiger partial charge in [-0.1, -0.05) is 6.42 Å². The molecule has 0 radical (unpaired) electrons. The van der Waals surface area contributed by atoms with Crippen molar-refractivity contribution in [3.8, 4) is 0 Å². The minimum Gasteiger partial charge on any atom is -0.357 e. The summed E-state index contributed by atoms with van der Waals surface area (Å²) >= 11 is 0. The van der Waals surface area contributed by atoms with Gasteiger partial charge < -0.3 is 5.32 Å². The summed E-state index contributed by atoms with van der Waals surface area (Å²) in [7, 11) is 0. The predicted molar refractivity (Wildman–Crippen MR) is 53.5 cm³/mol. The number of carbonyl (C=O) groups is 1. The molecule has 1 amide bonds. The van der Waals surface area contributed by atoms with E-state index < -0.39 is 0 Å².